The zero-order chi connectivity index (χ0) is 24.4. The number of hydrogen-bond donors (Lipinski definition) is 2. The molecule has 2 aromatic carbocycles. The molecule has 0 bridgehead atoms. The summed E-state index contributed by atoms with van der Waals surface area (Å²) in [6.07, 6.45) is 3.19. The number of carboxylic acid groups (broad SMARTS) is 1. The van der Waals surface area contributed by atoms with Crippen molar-refractivity contribution in [3.63, 3.8) is 0 Å². The Morgan fingerprint density at radius 2 is 1.63 bits per heavy atom. The third kappa shape index (κ3) is 4.44. The zero-order valence-electron chi connectivity index (χ0n) is 18.9. The van der Waals surface area contributed by atoms with E-state index >= 15 is 0 Å². The molecule has 1 fully saturated rings. The van der Waals surface area contributed by atoms with Crippen LogP contribution >= 0.6 is 0 Å². The van der Waals surface area contributed by atoms with Gasteiger partial charge in [0.1, 0.15) is 18.5 Å². The summed E-state index contributed by atoms with van der Waals surface area (Å²) in [6, 6.07) is 15.4. The average Bonchev–Trinajstić information content (AvgIpc) is 3.50. The Hall–Kier alpha value is -4.27. The molecular weight excluding hydrogens is 448 g/mol. The lowest BCUT2D eigenvalue weighted by atomic mass is 9.98. The number of carbonyl (C=O) groups is 3. The van der Waals surface area contributed by atoms with Crippen LogP contribution in [0.15, 0.2) is 60.9 Å². The maximum Gasteiger partial charge on any atom is 0.407 e. The first-order valence-electron chi connectivity index (χ1n) is 11.5. The molecule has 1 unspecified atom stereocenters. The number of amides is 2. The van der Waals surface area contributed by atoms with E-state index in [-0.39, 0.29) is 24.6 Å². The molecule has 2 amide bonds. The molecular formula is C26H24N4O5. The highest BCUT2D eigenvalue weighted by atomic mass is 16.5. The van der Waals surface area contributed by atoms with Crippen LogP contribution in [0.3, 0.4) is 0 Å². The number of aromatic nitrogens is 2. The third-order valence-corrected chi connectivity index (χ3v) is 6.49. The van der Waals surface area contributed by atoms with E-state index < -0.39 is 24.0 Å². The lowest BCUT2D eigenvalue weighted by Crippen LogP contribution is -2.40. The molecule has 2 N–H and O–H groups in total. The van der Waals surface area contributed by atoms with E-state index in [0.717, 1.165) is 22.3 Å². The second kappa shape index (κ2) is 9.54. The van der Waals surface area contributed by atoms with Crippen molar-refractivity contribution in [1.29, 1.82) is 0 Å². The number of hydrogen-bond acceptors (Lipinski definition) is 6. The SMILES string of the molecule is O=C(NCc1ncc(C(=O)N2CCCC2C(=O)O)cn1)OCC1c2ccccc2-c2ccccc21. The van der Waals surface area contributed by atoms with Gasteiger partial charge in [-0.2, -0.15) is 0 Å². The highest BCUT2D eigenvalue weighted by Crippen LogP contribution is 2.44. The predicted molar refractivity (Wildman–Crippen MR) is 126 cm³/mol. The van der Waals surface area contributed by atoms with Crippen molar-refractivity contribution in [1.82, 2.24) is 20.2 Å². The van der Waals surface area contributed by atoms with Crippen LogP contribution in [0, 0.1) is 0 Å². The van der Waals surface area contributed by atoms with Gasteiger partial charge in [0.25, 0.3) is 5.91 Å². The Morgan fingerprint density at radius 1 is 1.00 bits per heavy atom. The van der Waals surface area contributed by atoms with Crippen molar-refractivity contribution < 1.29 is 24.2 Å². The molecule has 5 rings (SSSR count). The van der Waals surface area contributed by atoms with E-state index in [0.29, 0.717) is 25.2 Å². The summed E-state index contributed by atoms with van der Waals surface area (Å²) in [4.78, 5) is 45.9. The maximum atomic E-state index is 12.6. The van der Waals surface area contributed by atoms with Crippen LogP contribution in [0.5, 0.6) is 0 Å². The summed E-state index contributed by atoms with van der Waals surface area (Å²) in [5.41, 5.74) is 4.79. The first-order chi connectivity index (χ1) is 17.0. The van der Waals surface area contributed by atoms with Crippen LogP contribution in [0.4, 0.5) is 4.79 Å². The second-order valence-electron chi connectivity index (χ2n) is 8.56. The van der Waals surface area contributed by atoms with Gasteiger partial charge in [0.15, 0.2) is 0 Å². The summed E-state index contributed by atoms with van der Waals surface area (Å²) in [7, 11) is 0. The van der Waals surface area contributed by atoms with E-state index in [9.17, 15) is 19.5 Å². The van der Waals surface area contributed by atoms with E-state index in [1.165, 1.54) is 17.3 Å². The summed E-state index contributed by atoms with van der Waals surface area (Å²) in [5, 5.41) is 11.9. The molecule has 0 radical (unpaired) electrons. The molecule has 2 aliphatic rings. The van der Waals surface area contributed by atoms with Gasteiger partial charge in [0.2, 0.25) is 0 Å². The van der Waals surface area contributed by atoms with Gasteiger partial charge in [-0.3, -0.25) is 4.79 Å². The second-order valence-corrected chi connectivity index (χ2v) is 8.56. The summed E-state index contributed by atoms with van der Waals surface area (Å²) in [6.45, 7) is 0.627. The number of carboxylic acids is 1. The van der Waals surface area contributed by atoms with Gasteiger partial charge < -0.3 is 20.1 Å². The van der Waals surface area contributed by atoms with E-state index in [4.69, 9.17) is 4.74 Å². The summed E-state index contributed by atoms with van der Waals surface area (Å²) >= 11 is 0. The van der Waals surface area contributed by atoms with Crippen molar-refractivity contribution in [3.05, 3.63) is 83.4 Å². The Morgan fingerprint density at radius 3 is 2.26 bits per heavy atom. The largest absolute Gasteiger partial charge is 0.480 e. The molecule has 9 nitrogen and oxygen atoms in total. The molecule has 1 aromatic heterocycles. The number of aliphatic carboxylic acids is 1. The number of benzene rings is 2. The predicted octanol–water partition coefficient (Wildman–Crippen LogP) is 3.20. The van der Waals surface area contributed by atoms with Gasteiger partial charge in [-0.05, 0) is 35.1 Å². The molecule has 0 saturated carbocycles. The van der Waals surface area contributed by atoms with Crippen LogP contribution in [0.25, 0.3) is 11.1 Å². The molecule has 1 aliphatic heterocycles. The number of alkyl carbamates (subject to hydrolysis) is 1. The highest BCUT2D eigenvalue weighted by molar-refractivity contribution is 5.96. The summed E-state index contributed by atoms with van der Waals surface area (Å²) in [5.74, 6) is -1.15. The van der Waals surface area contributed by atoms with E-state index in [1.807, 2.05) is 24.3 Å². The molecule has 1 aliphatic carbocycles. The fourth-order valence-corrected chi connectivity index (χ4v) is 4.79. The van der Waals surface area contributed by atoms with Crippen molar-refractivity contribution in [2.24, 2.45) is 0 Å². The van der Waals surface area contributed by atoms with Crippen molar-refractivity contribution >= 4 is 18.0 Å². The number of fused-ring (bicyclic) bond motifs is 3. The van der Waals surface area contributed by atoms with Crippen LogP contribution in [0.2, 0.25) is 0 Å². The zero-order valence-corrected chi connectivity index (χ0v) is 18.9. The number of likely N-dealkylation sites (tertiary alicyclic amines) is 1. The molecule has 1 saturated heterocycles. The van der Waals surface area contributed by atoms with Gasteiger partial charge in [-0.25, -0.2) is 19.6 Å². The maximum absolute atomic E-state index is 12.6. The standard InChI is InChI=1S/C26H24N4O5/c31-24(30-11-5-10-22(30)25(32)33)16-12-27-23(28-13-16)14-29-26(34)35-15-21-19-8-3-1-6-17(19)18-7-2-4-9-20(18)21/h1-4,6-9,12-13,21-22H,5,10-11,14-15H2,(H,29,34)(H,32,33). The molecule has 3 aromatic rings. The summed E-state index contributed by atoms with van der Waals surface area (Å²) < 4.78 is 5.50. The van der Waals surface area contributed by atoms with Gasteiger partial charge in [-0.1, -0.05) is 48.5 Å². The van der Waals surface area contributed by atoms with Crippen molar-refractivity contribution in [2.75, 3.05) is 13.2 Å². The number of nitrogens with zero attached hydrogens (tertiary/aromatic N) is 3. The fourth-order valence-electron chi connectivity index (χ4n) is 4.79. The quantitative estimate of drug-likeness (QED) is 0.565. The van der Waals surface area contributed by atoms with Gasteiger partial charge >= 0.3 is 12.1 Å². The van der Waals surface area contributed by atoms with Crippen molar-refractivity contribution in [2.45, 2.75) is 31.3 Å². The molecule has 0 spiro atoms. The lowest BCUT2D eigenvalue weighted by Gasteiger charge is -2.21. The van der Waals surface area contributed by atoms with Crippen LogP contribution < -0.4 is 5.32 Å². The Balaban J connectivity index is 1.16. The molecule has 9 heteroatoms. The molecule has 178 valence electrons. The number of rotatable bonds is 6. The van der Waals surface area contributed by atoms with Crippen LogP contribution in [-0.4, -0.2) is 57.1 Å². The smallest absolute Gasteiger partial charge is 0.407 e. The minimum absolute atomic E-state index is 0.0325. The lowest BCUT2D eigenvalue weighted by molar-refractivity contribution is -0.141. The monoisotopic (exact) mass is 472 g/mol. The molecule has 1 atom stereocenters. The average molecular weight is 473 g/mol. The Kier molecular flexibility index (Phi) is 6.13. The highest BCUT2D eigenvalue weighted by Gasteiger charge is 2.34. The third-order valence-electron chi connectivity index (χ3n) is 6.49. The van der Waals surface area contributed by atoms with E-state index in [2.05, 4.69) is 39.6 Å². The van der Waals surface area contributed by atoms with E-state index in [1.54, 1.807) is 0 Å². The topological polar surface area (TPSA) is 122 Å². The van der Waals surface area contributed by atoms with Crippen LogP contribution in [0.1, 0.15) is 46.1 Å². The number of ether oxygens (including phenoxy) is 1. The van der Waals surface area contributed by atoms with Crippen molar-refractivity contribution in [3.8, 4) is 11.1 Å². The Labute approximate surface area is 201 Å². The Bertz CT molecular complexity index is 1230. The minimum Gasteiger partial charge on any atom is -0.480 e. The first kappa shape index (κ1) is 22.5. The van der Waals surface area contributed by atoms with Gasteiger partial charge in [0, 0.05) is 24.9 Å². The minimum atomic E-state index is -1.01. The number of nitrogens with one attached hydrogen (secondary N) is 1. The van der Waals surface area contributed by atoms with Gasteiger partial charge in [0.05, 0.1) is 12.1 Å². The molecule has 35 heavy (non-hydrogen) atoms. The van der Waals surface area contributed by atoms with Gasteiger partial charge in [-0.15, -0.1) is 0 Å². The normalized spacial score (nSPS) is 16.5. The van der Waals surface area contributed by atoms with Crippen LogP contribution in [-0.2, 0) is 16.1 Å². The molecule has 2 heterocycles. The first-order valence-corrected chi connectivity index (χ1v) is 11.5. The fraction of sp³-hybridized carbons (Fsp3) is 0.269. The number of carbonyl (C=O) groups excluding carboxylic acids is 2.